The number of rotatable bonds is 6. The van der Waals surface area contributed by atoms with Gasteiger partial charge < -0.3 is 14.2 Å². The Morgan fingerprint density at radius 3 is 2.27 bits per heavy atom. The number of ketones is 1. The Morgan fingerprint density at radius 1 is 1.08 bits per heavy atom. The summed E-state index contributed by atoms with van der Waals surface area (Å²) < 4.78 is 79.7. The van der Waals surface area contributed by atoms with Crippen LogP contribution in [0, 0.1) is 0 Å². The first-order valence-corrected chi connectivity index (χ1v) is 9.02. The molecule has 0 aliphatic carbocycles. The van der Waals surface area contributed by atoms with Crippen LogP contribution >= 0.6 is 0 Å². The maximum absolute atomic E-state index is 12.4. The summed E-state index contributed by atoms with van der Waals surface area (Å²) in [4.78, 5) is 12.0. The van der Waals surface area contributed by atoms with Crippen molar-refractivity contribution in [1.82, 2.24) is 0 Å². The van der Waals surface area contributed by atoms with Crippen LogP contribution in [0.3, 0.4) is 0 Å². The summed E-state index contributed by atoms with van der Waals surface area (Å²) >= 11 is 0. The fourth-order valence-corrected chi connectivity index (χ4v) is 3.36. The van der Waals surface area contributed by atoms with E-state index in [-0.39, 0.29) is 19.0 Å². The number of ether oxygens (including phenoxy) is 3. The molecule has 26 heavy (non-hydrogen) atoms. The second-order valence-electron chi connectivity index (χ2n) is 5.77. The van der Waals surface area contributed by atoms with Gasteiger partial charge in [0.1, 0.15) is 31.0 Å². The Hall–Kier alpha value is -1.53. The van der Waals surface area contributed by atoms with Gasteiger partial charge in [0.2, 0.25) is 0 Å². The first kappa shape index (κ1) is 19.2. The number of alkyl halides is 3. The Labute approximate surface area is 147 Å². The van der Waals surface area contributed by atoms with E-state index in [2.05, 4.69) is 4.18 Å². The highest BCUT2D eigenvalue weighted by molar-refractivity contribution is 7.87. The van der Waals surface area contributed by atoms with Crippen LogP contribution in [0.4, 0.5) is 13.2 Å². The molecule has 2 heterocycles. The van der Waals surface area contributed by atoms with Gasteiger partial charge in [-0.1, -0.05) is 30.3 Å². The molecule has 2 aliphatic heterocycles. The average molecular weight is 396 g/mol. The molecular formula is C15H15F3O7S. The molecule has 0 aromatic heterocycles. The van der Waals surface area contributed by atoms with Crippen molar-refractivity contribution >= 4 is 15.9 Å². The van der Waals surface area contributed by atoms with Gasteiger partial charge in [-0.15, -0.1) is 0 Å². The Kier molecular flexibility index (Phi) is 5.35. The second-order valence-corrected chi connectivity index (χ2v) is 7.33. The number of Topliss-reactive ketones (excluding diaryl/α,β-unsaturated/α-hetero) is 1. The van der Waals surface area contributed by atoms with Gasteiger partial charge in [-0.25, -0.2) is 0 Å². The molecule has 0 radical (unpaired) electrons. The Balaban J connectivity index is 1.56. The van der Waals surface area contributed by atoms with E-state index in [4.69, 9.17) is 14.2 Å². The zero-order valence-corrected chi connectivity index (χ0v) is 14.0. The van der Waals surface area contributed by atoms with Crippen molar-refractivity contribution in [3.63, 3.8) is 0 Å². The van der Waals surface area contributed by atoms with E-state index in [0.29, 0.717) is 5.56 Å². The van der Waals surface area contributed by atoms with Crippen LogP contribution < -0.4 is 0 Å². The summed E-state index contributed by atoms with van der Waals surface area (Å²) in [5.41, 5.74) is -5.07. The molecule has 0 N–H and O–H groups in total. The van der Waals surface area contributed by atoms with Gasteiger partial charge in [0.25, 0.3) is 0 Å². The predicted molar refractivity (Wildman–Crippen MR) is 79.8 cm³/mol. The van der Waals surface area contributed by atoms with Gasteiger partial charge in [-0.3, -0.25) is 8.98 Å². The van der Waals surface area contributed by atoms with Gasteiger partial charge in [0.15, 0.2) is 5.78 Å². The van der Waals surface area contributed by atoms with E-state index >= 15 is 0 Å². The van der Waals surface area contributed by atoms with Gasteiger partial charge in [0, 0.05) is 5.56 Å². The van der Waals surface area contributed by atoms with E-state index in [1.54, 1.807) is 30.3 Å². The third-order valence-corrected chi connectivity index (χ3v) is 5.09. The number of carbonyl (C=O) groups excluding carboxylic acids is 1. The van der Waals surface area contributed by atoms with Crippen molar-refractivity contribution in [2.45, 2.75) is 29.9 Å². The lowest BCUT2D eigenvalue weighted by Gasteiger charge is -2.17. The summed E-state index contributed by atoms with van der Waals surface area (Å²) in [5, 5.41) is 0. The zero-order chi connectivity index (χ0) is 18.9. The van der Waals surface area contributed by atoms with E-state index in [0.717, 1.165) is 0 Å². The number of halogens is 3. The highest BCUT2D eigenvalue weighted by Crippen LogP contribution is 2.34. The SMILES string of the molecule is O=C(CO[C@H]1COC2[C@@H](OS(=O)(=O)C(F)(F)F)CO[C@@H]21)c1ccccc1. The molecule has 0 saturated carbocycles. The highest BCUT2D eigenvalue weighted by atomic mass is 32.2. The third-order valence-electron chi connectivity index (χ3n) is 4.02. The largest absolute Gasteiger partial charge is 0.523 e. The van der Waals surface area contributed by atoms with Crippen LogP contribution in [0.25, 0.3) is 0 Å². The fraction of sp³-hybridized carbons (Fsp3) is 0.533. The minimum atomic E-state index is -5.75. The van der Waals surface area contributed by atoms with Crippen molar-refractivity contribution in [3.8, 4) is 0 Å². The monoisotopic (exact) mass is 396 g/mol. The molecule has 2 aliphatic rings. The van der Waals surface area contributed by atoms with Crippen LogP contribution in [0.5, 0.6) is 0 Å². The smallest absolute Gasteiger partial charge is 0.370 e. The lowest BCUT2D eigenvalue weighted by Crippen LogP contribution is -2.38. The molecular weight excluding hydrogens is 381 g/mol. The maximum atomic E-state index is 12.4. The van der Waals surface area contributed by atoms with Crippen molar-refractivity contribution in [2.24, 2.45) is 0 Å². The standard InChI is InChI=1S/C15H15F3O7S/c16-15(17,18)26(20,21)25-12-8-24-13-11(7-23-14(12)13)22-6-10(19)9-4-2-1-3-5-9/h1-5,11-14H,6-8H2/t11-,12-,13+,14?/m0/s1. The normalized spacial score (nSPS) is 28.9. The molecule has 0 bridgehead atoms. The third kappa shape index (κ3) is 3.91. The van der Waals surface area contributed by atoms with Gasteiger partial charge in [-0.05, 0) is 0 Å². The van der Waals surface area contributed by atoms with Crippen molar-refractivity contribution in [3.05, 3.63) is 35.9 Å². The van der Waals surface area contributed by atoms with Crippen LogP contribution in [0.15, 0.2) is 30.3 Å². The molecule has 3 rings (SSSR count). The number of benzene rings is 1. The van der Waals surface area contributed by atoms with E-state index < -0.39 is 46.6 Å². The molecule has 1 unspecified atom stereocenters. The molecule has 4 atom stereocenters. The maximum Gasteiger partial charge on any atom is 0.523 e. The quantitative estimate of drug-likeness (QED) is 0.407. The van der Waals surface area contributed by atoms with E-state index in [1.807, 2.05) is 0 Å². The highest BCUT2D eigenvalue weighted by Gasteiger charge is 2.55. The van der Waals surface area contributed by atoms with Crippen LogP contribution in [0.1, 0.15) is 10.4 Å². The van der Waals surface area contributed by atoms with Crippen LogP contribution in [-0.4, -0.2) is 63.9 Å². The molecule has 2 fully saturated rings. The van der Waals surface area contributed by atoms with Gasteiger partial charge >= 0.3 is 15.6 Å². The van der Waals surface area contributed by atoms with E-state index in [9.17, 15) is 26.4 Å². The Bertz CT molecular complexity index is 750. The minimum absolute atomic E-state index is 0.0523. The predicted octanol–water partition coefficient (Wildman–Crippen LogP) is 1.29. The lowest BCUT2D eigenvalue weighted by atomic mass is 10.1. The van der Waals surface area contributed by atoms with E-state index in [1.165, 1.54) is 0 Å². The van der Waals surface area contributed by atoms with Crippen molar-refractivity contribution in [1.29, 1.82) is 0 Å². The first-order valence-electron chi connectivity index (χ1n) is 7.61. The fourth-order valence-electron chi connectivity index (χ4n) is 2.76. The molecule has 11 heteroatoms. The first-order chi connectivity index (χ1) is 12.2. The van der Waals surface area contributed by atoms with Crippen molar-refractivity contribution in [2.75, 3.05) is 19.8 Å². The van der Waals surface area contributed by atoms with Crippen LogP contribution in [-0.2, 0) is 28.5 Å². The Morgan fingerprint density at radius 2 is 1.65 bits per heavy atom. The number of hydrogen-bond acceptors (Lipinski definition) is 7. The zero-order valence-electron chi connectivity index (χ0n) is 13.2. The van der Waals surface area contributed by atoms with Gasteiger partial charge in [0.05, 0.1) is 13.2 Å². The number of carbonyl (C=O) groups is 1. The summed E-state index contributed by atoms with van der Waals surface area (Å²) in [6, 6.07) is 8.40. The lowest BCUT2D eigenvalue weighted by molar-refractivity contribution is -0.0636. The van der Waals surface area contributed by atoms with Gasteiger partial charge in [-0.2, -0.15) is 21.6 Å². The topological polar surface area (TPSA) is 88.1 Å². The minimum Gasteiger partial charge on any atom is -0.370 e. The molecule has 7 nitrogen and oxygen atoms in total. The average Bonchev–Trinajstić information content (AvgIpc) is 3.15. The van der Waals surface area contributed by atoms with Crippen LogP contribution in [0.2, 0.25) is 0 Å². The molecule has 2 saturated heterocycles. The summed E-state index contributed by atoms with van der Waals surface area (Å²) in [5.74, 6) is -0.278. The summed E-state index contributed by atoms with van der Waals surface area (Å²) in [6.07, 6.45) is -3.98. The summed E-state index contributed by atoms with van der Waals surface area (Å²) in [6.45, 7) is -0.711. The number of fused-ring (bicyclic) bond motifs is 1. The second kappa shape index (κ2) is 7.24. The summed E-state index contributed by atoms with van der Waals surface area (Å²) in [7, 11) is -5.75. The van der Waals surface area contributed by atoms with Crippen molar-refractivity contribution < 1.29 is 44.8 Å². The molecule has 1 aromatic carbocycles. The molecule has 0 spiro atoms. The molecule has 0 amide bonds. The number of hydrogen-bond donors (Lipinski definition) is 0. The molecule has 144 valence electrons. The molecule has 1 aromatic rings.